The summed E-state index contributed by atoms with van der Waals surface area (Å²) in [5.74, 6) is -0.326. The molecule has 7 heteroatoms. The fraction of sp³-hybridized carbons (Fsp3) is 0.429. The second-order valence-electron chi connectivity index (χ2n) is 4.81. The van der Waals surface area contributed by atoms with Crippen LogP contribution in [0.15, 0.2) is 30.7 Å². The Balaban J connectivity index is 1.68. The lowest BCUT2D eigenvalue weighted by Gasteiger charge is -2.01. The Morgan fingerprint density at radius 2 is 2.14 bits per heavy atom. The van der Waals surface area contributed by atoms with Crippen LogP contribution in [0.2, 0.25) is 0 Å². The van der Waals surface area contributed by atoms with Crippen LogP contribution in [0.1, 0.15) is 32.1 Å². The summed E-state index contributed by atoms with van der Waals surface area (Å²) in [6.07, 6.45) is 9.51. The third-order valence-corrected chi connectivity index (χ3v) is 3.16. The Morgan fingerprint density at radius 1 is 1.29 bits per heavy atom. The predicted octanol–water partition coefficient (Wildman–Crippen LogP) is 1.80. The molecule has 2 rings (SSSR count). The highest BCUT2D eigenvalue weighted by Gasteiger charge is 2.03. The Bertz CT molecular complexity index is 556. The number of pyridine rings is 1. The molecular formula is C14H19N5O2. The summed E-state index contributed by atoms with van der Waals surface area (Å²) in [5, 5.41) is 16.6. The average molecular weight is 289 g/mol. The van der Waals surface area contributed by atoms with Crippen molar-refractivity contribution in [2.75, 3.05) is 0 Å². The maximum atomic E-state index is 10.8. The monoisotopic (exact) mass is 289 g/mol. The zero-order valence-corrected chi connectivity index (χ0v) is 11.8. The van der Waals surface area contributed by atoms with Gasteiger partial charge in [-0.05, 0) is 25.0 Å². The Hall–Kier alpha value is -2.28. The molecule has 112 valence electrons. The number of nitrogens with zero attached hydrogens (tertiary/aromatic N) is 4. The lowest BCUT2D eigenvalue weighted by Crippen LogP contribution is -2.17. The van der Waals surface area contributed by atoms with Crippen LogP contribution in [-0.4, -0.2) is 31.1 Å². The summed E-state index contributed by atoms with van der Waals surface area (Å²) in [5.41, 5.74) is 3.41. The first-order chi connectivity index (χ1) is 10.3. The van der Waals surface area contributed by atoms with E-state index in [1.54, 1.807) is 17.9 Å². The Labute approximate surface area is 123 Å². The van der Waals surface area contributed by atoms with Gasteiger partial charge in [0.2, 0.25) is 5.91 Å². The molecule has 0 aliphatic carbocycles. The molecular weight excluding hydrogens is 270 g/mol. The molecule has 0 saturated heterocycles. The van der Waals surface area contributed by atoms with E-state index in [9.17, 15) is 4.79 Å². The van der Waals surface area contributed by atoms with E-state index in [-0.39, 0.29) is 5.91 Å². The minimum Gasteiger partial charge on any atom is -0.289 e. The van der Waals surface area contributed by atoms with E-state index in [1.807, 2.05) is 23.0 Å². The van der Waals surface area contributed by atoms with Gasteiger partial charge in [0.15, 0.2) is 0 Å². The molecule has 21 heavy (non-hydrogen) atoms. The van der Waals surface area contributed by atoms with E-state index in [0.717, 1.165) is 43.5 Å². The molecule has 2 N–H and O–H groups in total. The number of hydrogen-bond acceptors (Lipinski definition) is 5. The van der Waals surface area contributed by atoms with Crippen molar-refractivity contribution in [1.29, 1.82) is 0 Å². The van der Waals surface area contributed by atoms with E-state index in [1.165, 1.54) is 0 Å². The zero-order chi connectivity index (χ0) is 14.9. The van der Waals surface area contributed by atoms with Crippen LogP contribution >= 0.6 is 0 Å². The van der Waals surface area contributed by atoms with Gasteiger partial charge in [0.05, 0.1) is 6.20 Å². The first kappa shape index (κ1) is 15.1. The lowest BCUT2D eigenvalue weighted by atomic mass is 10.1. The highest BCUT2D eigenvalue weighted by Crippen LogP contribution is 2.14. The molecule has 0 unspecified atom stereocenters. The summed E-state index contributed by atoms with van der Waals surface area (Å²) in [6, 6.07) is 3.82. The smallest absolute Gasteiger partial charge is 0.243 e. The minimum absolute atomic E-state index is 0.326. The molecule has 0 fully saturated rings. The van der Waals surface area contributed by atoms with E-state index < -0.39 is 0 Å². The highest BCUT2D eigenvalue weighted by molar-refractivity contribution is 5.74. The van der Waals surface area contributed by atoms with Crippen LogP contribution in [-0.2, 0) is 11.3 Å². The molecule has 0 aromatic carbocycles. The van der Waals surface area contributed by atoms with Crippen molar-refractivity contribution in [2.24, 2.45) is 0 Å². The molecule has 0 spiro atoms. The fourth-order valence-electron chi connectivity index (χ4n) is 2.02. The molecule has 0 radical (unpaired) electrons. The van der Waals surface area contributed by atoms with Crippen molar-refractivity contribution in [3.63, 3.8) is 0 Å². The second kappa shape index (κ2) is 8.11. The number of carbonyl (C=O) groups excluding carboxylic acids is 1. The minimum atomic E-state index is -0.326. The van der Waals surface area contributed by atoms with Gasteiger partial charge in [0, 0.05) is 30.9 Å². The highest BCUT2D eigenvalue weighted by atomic mass is 16.5. The van der Waals surface area contributed by atoms with Gasteiger partial charge in [0.25, 0.3) is 0 Å². The fourth-order valence-corrected chi connectivity index (χ4v) is 2.02. The largest absolute Gasteiger partial charge is 0.289 e. The first-order valence-corrected chi connectivity index (χ1v) is 7.03. The molecule has 0 aliphatic rings. The maximum absolute atomic E-state index is 10.8. The summed E-state index contributed by atoms with van der Waals surface area (Å²) in [7, 11) is 0. The number of amides is 1. The van der Waals surface area contributed by atoms with Crippen molar-refractivity contribution >= 4 is 5.91 Å². The molecule has 0 saturated carbocycles. The van der Waals surface area contributed by atoms with Gasteiger partial charge >= 0.3 is 0 Å². The van der Waals surface area contributed by atoms with Gasteiger partial charge in [-0.25, -0.2) is 5.48 Å². The van der Waals surface area contributed by atoms with Gasteiger partial charge < -0.3 is 0 Å². The van der Waals surface area contributed by atoms with Crippen LogP contribution in [0, 0.1) is 0 Å². The Kier molecular flexibility index (Phi) is 5.83. The molecule has 2 aromatic heterocycles. The molecule has 7 nitrogen and oxygen atoms in total. The van der Waals surface area contributed by atoms with Gasteiger partial charge in [-0.1, -0.05) is 18.1 Å². The second-order valence-corrected chi connectivity index (χ2v) is 4.81. The normalized spacial score (nSPS) is 10.5. The van der Waals surface area contributed by atoms with Crippen molar-refractivity contribution in [3.05, 3.63) is 30.7 Å². The molecule has 0 aliphatic heterocycles. The van der Waals surface area contributed by atoms with Crippen LogP contribution in [0.5, 0.6) is 0 Å². The molecule has 0 bridgehead atoms. The number of nitrogens with one attached hydrogen (secondary N) is 1. The van der Waals surface area contributed by atoms with Crippen LogP contribution in [0.3, 0.4) is 0 Å². The van der Waals surface area contributed by atoms with Gasteiger partial charge in [0.1, 0.15) is 5.69 Å². The van der Waals surface area contributed by atoms with Crippen molar-refractivity contribution in [3.8, 4) is 11.3 Å². The summed E-state index contributed by atoms with van der Waals surface area (Å²) < 4.78 is 1.82. The summed E-state index contributed by atoms with van der Waals surface area (Å²) in [4.78, 5) is 14.9. The van der Waals surface area contributed by atoms with Crippen LogP contribution < -0.4 is 5.48 Å². The average Bonchev–Trinajstić information content (AvgIpc) is 3.00. The number of unbranched alkanes of at least 4 members (excludes halogenated alkanes) is 3. The molecule has 1 amide bonds. The van der Waals surface area contributed by atoms with E-state index >= 15 is 0 Å². The molecule has 0 atom stereocenters. The predicted molar refractivity (Wildman–Crippen MR) is 76.3 cm³/mol. The first-order valence-electron chi connectivity index (χ1n) is 7.03. The van der Waals surface area contributed by atoms with Gasteiger partial charge in [-0.15, -0.1) is 5.10 Å². The van der Waals surface area contributed by atoms with Crippen molar-refractivity contribution in [2.45, 2.75) is 38.6 Å². The van der Waals surface area contributed by atoms with E-state index in [0.29, 0.717) is 6.42 Å². The zero-order valence-electron chi connectivity index (χ0n) is 11.8. The standard InChI is InChI=1S/C14H19N5O2/c20-14(17-21)7-3-1-2-4-9-19-11-13(16-18-19)12-6-5-8-15-10-12/h5-6,8,10-11,21H,1-4,7,9H2,(H,17,20). The number of aromatic nitrogens is 4. The molecule has 2 heterocycles. The maximum Gasteiger partial charge on any atom is 0.243 e. The van der Waals surface area contributed by atoms with Crippen LogP contribution in [0.4, 0.5) is 0 Å². The number of hydrogen-bond donors (Lipinski definition) is 2. The topological polar surface area (TPSA) is 92.9 Å². The summed E-state index contributed by atoms with van der Waals surface area (Å²) >= 11 is 0. The summed E-state index contributed by atoms with van der Waals surface area (Å²) in [6.45, 7) is 0.805. The number of carbonyl (C=O) groups is 1. The van der Waals surface area contributed by atoms with Crippen molar-refractivity contribution in [1.82, 2.24) is 25.5 Å². The van der Waals surface area contributed by atoms with Crippen LogP contribution in [0.25, 0.3) is 11.3 Å². The third-order valence-electron chi connectivity index (χ3n) is 3.16. The quantitative estimate of drug-likeness (QED) is 0.439. The van der Waals surface area contributed by atoms with Gasteiger partial charge in [-0.2, -0.15) is 0 Å². The van der Waals surface area contributed by atoms with E-state index in [4.69, 9.17) is 5.21 Å². The third kappa shape index (κ3) is 4.96. The Morgan fingerprint density at radius 3 is 2.90 bits per heavy atom. The number of rotatable bonds is 8. The molecule has 2 aromatic rings. The van der Waals surface area contributed by atoms with Gasteiger partial charge in [-0.3, -0.25) is 19.7 Å². The van der Waals surface area contributed by atoms with Crippen molar-refractivity contribution < 1.29 is 10.0 Å². The van der Waals surface area contributed by atoms with E-state index in [2.05, 4.69) is 15.3 Å². The number of hydroxylamine groups is 1. The number of aryl methyl sites for hydroxylation is 1. The lowest BCUT2D eigenvalue weighted by molar-refractivity contribution is -0.129. The SMILES string of the molecule is O=C(CCCCCCn1cc(-c2cccnc2)nn1)NO.